The van der Waals surface area contributed by atoms with Crippen molar-refractivity contribution in [1.29, 1.82) is 0 Å². The number of nitrogens with one attached hydrogen (secondary N) is 1. The Hall–Kier alpha value is -3.91. The number of imidazole rings is 1. The van der Waals surface area contributed by atoms with Gasteiger partial charge in [0.1, 0.15) is 5.82 Å². The molecule has 3 N–H and O–H groups in total. The molecule has 0 radical (unpaired) electrons. The van der Waals surface area contributed by atoms with Crippen LogP contribution in [0.15, 0.2) is 67.0 Å². The van der Waals surface area contributed by atoms with Gasteiger partial charge in [0.25, 0.3) is 5.91 Å². The summed E-state index contributed by atoms with van der Waals surface area (Å²) in [5.74, 6) is -1.44. The van der Waals surface area contributed by atoms with Crippen molar-refractivity contribution in [3.8, 4) is 11.3 Å². The summed E-state index contributed by atoms with van der Waals surface area (Å²) in [4.78, 5) is 18.3. The zero-order valence-corrected chi connectivity index (χ0v) is 17.3. The molecule has 0 saturated carbocycles. The standard InChI is InChI=1S/C24H22FN5O2/c25-20-6-1-16(15-19(20)23(26)31)22-8-7-21(24-27-9-10-30(22)24)28-17-2-4-18(5-3-17)29-11-13-32-14-12-29/h1-10,15,28H,11-14H2,(H2,26,31). The molecule has 0 unspecified atom stereocenters. The van der Waals surface area contributed by atoms with Gasteiger partial charge < -0.3 is 20.7 Å². The van der Waals surface area contributed by atoms with Gasteiger partial charge in [0.2, 0.25) is 0 Å². The Morgan fingerprint density at radius 2 is 1.84 bits per heavy atom. The highest BCUT2D eigenvalue weighted by Gasteiger charge is 2.14. The molecular formula is C24H22FN5O2. The van der Waals surface area contributed by atoms with Crippen LogP contribution in [0.5, 0.6) is 0 Å². The molecule has 0 bridgehead atoms. The summed E-state index contributed by atoms with van der Waals surface area (Å²) in [5.41, 5.74) is 10.3. The number of hydrogen-bond acceptors (Lipinski definition) is 5. The number of morpholine rings is 1. The molecule has 3 heterocycles. The number of primary amides is 1. The molecule has 162 valence electrons. The van der Waals surface area contributed by atoms with Crippen LogP contribution < -0.4 is 16.0 Å². The number of benzene rings is 2. The number of pyridine rings is 1. The van der Waals surface area contributed by atoms with Gasteiger partial charge in [-0.05, 0) is 60.2 Å². The second-order valence-electron chi connectivity index (χ2n) is 7.58. The largest absolute Gasteiger partial charge is 0.378 e. The van der Waals surface area contributed by atoms with Crippen molar-refractivity contribution in [3.63, 3.8) is 0 Å². The summed E-state index contributed by atoms with van der Waals surface area (Å²) < 4.78 is 21.2. The minimum atomic E-state index is -0.801. The van der Waals surface area contributed by atoms with E-state index in [1.807, 2.05) is 34.9 Å². The van der Waals surface area contributed by atoms with Crippen molar-refractivity contribution in [2.45, 2.75) is 0 Å². The number of halogens is 1. The number of carbonyl (C=O) groups is 1. The molecule has 2 aromatic carbocycles. The molecule has 1 amide bonds. The predicted molar refractivity (Wildman–Crippen MR) is 122 cm³/mol. The van der Waals surface area contributed by atoms with Crippen LogP contribution in [-0.4, -0.2) is 41.6 Å². The first kappa shape index (κ1) is 20.0. The fourth-order valence-electron chi connectivity index (χ4n) is 3.95. The van der Waals surface area contributed by atoms with Gasteiger partial charge >= 0.3 is 0 Å². The zero-order chi connectivity index (χ0) is 22.1. The Labute approximate surface area is 184 Å². The van der Waals surface area contributed by atoms with E-state index in [2.05, 4.69) is 27.3 Å². The Bertz CT molecular complexity index is 1280. The maximum atomic E-state index is 13.9. The number of fused-ring (bicyclic) bond motifs is 1. The summed E-state index contributed by atoms with van der Waals surface area (Å²) in [5, 5.41) is 3.42. The monoisotopic (exact) mass is 431 g/mol. The number of anilines is 3. The van der Waals surface area contributed by atoms with Gasteiger partial charge in [-0.25, -0.2) is 9.37 Å². The predicted octanol–water partition coefficient (Wildman–Crippen LogP) is 3.82. The number of nitrogens with zero attached hydrogens (tertiary/aromatic N) is 3. The van der Waals surface area contributed by atoms with Gasteiger partial charge in [0.15, 0.2) is 5.65 Å². The smallest absolute Gasteiger partial charge is 0.251 e. The average Bonchev–Trinajstić information content (AvgIpc) is 3.31. The number of nitrogens with two attached hydrogens (primary N) is 1. The lowest BCUT2D eigenvalue weighted by Crippen LogP contribution is -2.36. The fraction of sp³-hybridized carbons (Fsp3) is 0.167. The van der Waals surface area contributed by atoms with E-state index < -0.39 is 11.7 Å². The van der Waals surface area contributed by atoms with Crippen molar-refractivity contribution < 1.29 is 13.9 Å². The summed E-state index contributed by atoms with van der Waals surface area (Å²) >= 11 is 0. The first-order valence-electron chi connectivity index (χ1n) is 10.4. The quantitative estimate of drug-likeness (QED) is 0.502. The van der Waals surface area contributed by atoms with Crippen molar-refractivity contribution in [2.75, 3.05) is 36.5 Å². The van der Waals surface area contributed by atoms with Crippen molar-refractivity contribution in [1.82, 2.24) is 9.38 Å². The molecular weight excluding hydrogens is 409 g/mol. The Kier molecular flexibility index (Phi) is 5.20. The number of amides is 1. The second-order valence-corrected chi connectivity index (χ2v) is 7.58. The fourth-order valence-corrected chi connectivity index (χ4v) is 3.95. The molecule has 32 heavy (non-hydrogen) atoms. The number of hydrogen-bond donors (Lipinski definition) is 2. The van der Waals surface area contributed by atoms with Crippen LogP contribution in [0, 0.1) is 5.82 Å². The highest BCUT2D eigenvalue weighted by atomic mass is 19.1. The van der Waals surface area contributed by atoms with E-state index in [9.17, 15) is 9.18 Å². The topological polar surface area (TPSA) is 84.9 Å². The van der Waals surface area contributed by atoms with E-state index in [1.165, 1.54) is 17.8 Å². The molecule has 4 aromatic rings. The SMILES string of the molecule is NC(=O)c1cc(-c2ccc(Nc3ccc(N4CCOCC4)cc3)c3nccn23)ccc1F. The molecule has 0 atom stereocenters. The van der Waals surface area contributed by atoms with E-state index in [1.54, 1.807) is 12.3 Å². The summed E-state index contributed by atoms with van der Waals surface area (Å²) in [6.45, 7) is 3.28. The molecule has 1 fully saturated rings. The third kappa shape index (κ3) is 3.76. The molecule has 0 aliphatic carbocycles. The lowest BCUT2D eigenvalue weighted by atomic mass is 10.1. The average molecular weight is 431 g/mol. The number of ether oxygens (including phenoxy) is 1. The lowest BCUT2D eigenvalue weighted by Gasteiger charge is -2.29. The van der Waals surface area contributed by atoms with Crippen LogP contribution >= 0.6 is 0 Å². The molecule has 1 saturated heterocycles. The minimum Gasteiger partial charge on any atom is -0.378 e. The first-order valence-corrected chi connectivity index (χ1v) is 10.4. The van der Waals surface area contributed by atoms with Crippen LogP contribution in [0.3, 0.4) is 0 Å². The first-order chi connectivity index (χ1) is 15.6. The molecule has 8 heteroatoms. The molecule has 5 rings (SSSR count). The van der Waals surface area contributed by atoms with Crippen molar-refractivity contribution in [2.24, 2.45) is 5.73 Å². The van der Waals surface area contributed by atoms with Crippen LogP contribution in [0.1, 0.15) is 10.4 Å². The number of aromatic nitrogens is 2. The van der Waals surface area contributed by atoms with Gasteiger partial charge in [-0.3, -0.25) is 9.20 Å². The molecule has 7 nitrogen and oxygen atoms in total. The van der Waals surface area contributed by atoms with Gasteiger partial charge in [0, 0.05) is 36.9 Å². The Balaban J connectivity index is 1.44. The van der Waals surface area contributed by atoms with Crippen molar-refractivity contribution >= 4 is 28.6 Å². The third-order valence-electron chi connectivity index (χ3n) is 5.60. The lowest BCUT2D eigenvalue weighted by molar-refractivity contribution is 0.0996. The Morgan fingerprint density at radius 3 is 2.59 bits per heavy atom. The van der Waals surface area contributed by atoms with E-state index >= 15 is 0 Å². The second kappa shape index (κ2) is 8.32. The highest BCUT2D eigenvalue weighted by Crippen LogP contribution is 2.29. The van der Waals surface area contributed by atoms with Gasteiger partial charge in [-0.15, -0.1) is 0 Å². The third-order valence-corrected chi connectivity index (χ3v) is 5.60. The van der Waals surface area contributed by atoms with E-state index in [4.69, 9.17) is 10.5 Å². The molecule has 1 aliphatic rings. The molecule has 2 aromatic heterocycles. The maximum absolute atomic E-state index is 13.9. The molecule has 1 aliphatic heterocycles. The van der Waals surface area contributed by atoms with E-state index in [-0.39, 0.29) is 5.56 Å². The van der Waals surface area contributed by atoms with Crippen LogP contribution in [0.4, 0.5) is 21.5 Å². The van der Waals surface area contributed by atoms with Gasteiger partial charge in [-0.2, -0.15) is 0 Å². The maximum Gasteiger partial charge on any atom is 0.251 e. The minimum absolute atomic E-state index is 0.140. The van der Waals surface area contributed by atoms with Crippen LogP contribution in [-0.2, 0) is 4.74 Å². The zero-order valence-electron chi connectivity index (χ0n) is 17.3. The summed E-state index contributed by atoms with van der Waals surface area (Å²) in [6, 6.07) is 16.4. The van der Waals surface area contributed by atoms with E-state index in [0.717, 1.165) is 43.4 Å². The summed E-state index contributed by atoms with van der Waals surface area (Å²) in [6.07, 6.45) is 3.52. The van der Waals surface area contributed by atoms with E-state index in [0.29, 0.717) is 11.2 Å². The molecule has 0 spiro atoms. The highest BCUT2D eigenvalue weighted by molar-refractivity contribution is 5.94. The van der Waals surface area contributed by atoms with Crippen molar-refractivity contribution in [3.05, 3.63) is 78.4 Å². The van der Waals surface area contributed by atoms with Gasteiger partial charge in [-0.1, -0.05) is 0 Å². The normalized spacial score (nSPS) is 14.0. The number of carbonyl (C=O) groups excluding carboxylic acids is 1. The van der Waals surface area contributed by atoms with Crippen LogP contribution in [0.2, 0.25) is 0 Å². The number of rotatable bonds is 5. The summed E-state index contributed by atoms with van der Waals surface area (Å²) in [7, 11) is 0. The van der Waals surface area contributed by atoms with Crippen LogP contribution in [0.25, 0.3) is 16.9 Å². The Morgan fingerprint density at radius 1 is 1.06 bits per heavy atom. The van der Waals surface area contributed by atoms with Gasteiger partial charge in [0.05, 0.1) is 30.2 Å².